The molecule has 0 bridgehead atoms. The number of rotatable bonds is 3. The zero-order valence-corrected chi connectivity index (χ0v) is 26.8. The summed E-state index contributed by atoms with van der Waals surface area (Å²) >= 11 is 1.86. The molecule has 3 heterocycles. The maximum Gasteiger partial charge on any atom is 0.160 e. The van der Waals surface area contributed by atoms with Crippen molar-refractivity contribution >= 4 is 53.3 Å². The predicted octanol–water partition coefficient (Wildman–Crippen LogP) is 11.6. The average Bonchev–Trinajstić information content (AvgIpc) is 3.72. The van der Waals surface area contributed by atoms with E-state index < -0.39 is 0 Å². The first kappa shape index (κ1) is 26.6. The molecule has 47 heavy (non-hydrogen) atoms. The molecule has 0 atom stereocenters. The molecular weight excluding hydrogens is 591 g/mol. The fourth-order valence-corrected chi connectivity index (χ4v) is 8.90. The van der Waals surface area contributed by atoms with Crippen LogP contribution in [-0.4, -0.2) is 14.5 Å². The van der Waals surface area contributed by atoms with Gasteiger partial charge in [0.15, 0.2) is 5.82 Å². The number of hydrogen-bond donors (Lipinski definition) is 0. The second kappa shape index (κ2) is 9.71. The zero-order valence-electron chi connectivity index (χ0n) is 26.0. The lowest BCUT2D eigenvalue weighted by atomic mass is 9.81. The molecule has 1 aliphatic rings. The molecule has 0 aliphatic heterocycles. The largest absolute Gasteiger partial charge is 0.309 e. The van der Waals surface area contributed by atoms with Crippen LogP contribution in [0, 0.1) is 0 Å². The summed E-state index contributed by atoms with van der Waals surface area (Å²) in [6.45, 7) is 4.58. The molecule has 0 unspecified atom stereocenters. The van der Waals surface area contributed by atoms with Crippen molar-refractivity contribution in [2.75, 3.05) is 0 Å². The van der Waals surface area contributed by atoms with E-state index in [1.54, 1.807) is 0 Å². The molecule has 1 aliphatic carbocycles. The Labute approximate surface area is 276 Å². The fourth-order valence-electron chi connectivity index (χ4n) is 7.78. The number of aromatic nitrogens is 3. The van der Waals surface area contributed by atoms with Crippen LogP contribution < -0.4 is 0 Å². The molecule has 0 radical (unpaired) electrons. The van der Waals surface area contributed by atoms with Gasteiger partial charge in [-0.15, -0.1) is 11.3 Å². The minimum atomic E-state index is -0.199. The fraction of sp³-hybridized carbons (Fsp3) is 0.0698. The zero-order chi connectivity index (χ0) is 31.3. The van der Waals surface area contributed by atoms with Gasteiger partial charge in [-0.05, 0) is 54.1 Å². The molecule has 10 rings (SSSR count). The maximum absolute atomic E-state index is 5.29. The molecular formula is C43H29N3S. The Hall–Kier alpha value is -5.58. The first-order valence-electron chi connectivity index (χ1n) is 16.1. The second-order valence-corrected chi connectivity index (χ2v) is 14.1. The highest BCUT2D eigenvalue weighted by Crippen LogP contribution is 2.51. The van der Waals surface area contributed by atoms with E-state index in [2.05, 4.69) is 158 Å². The van der Waals surface area contributed by atoms with Crippen molar-refractivity contribution in [3.63, 3.8) is 0 Å². The van der Waals surface area contributed by atoms with E-state index in [1.807, 2.05) is 11.3 Å². The number of thiophene rings is 1. The number of para-hydroxylation sites is 1. The van der Waals surface area contributed by atoms with Crippen molar-refractivity contribution < 1.29 is 0 Å². The molecule has 9 aromatic rings. The highest BCUT2D eigenvalue weighted by atomic mass is 32.1. The van der Waals surface area contributed by atoms with Crippen molar-refractivity contribution in [3.8, 4) is 39.6 Å². The SMILES string of the molecule is CC1(C)c2ccccc2-c2nc(-c3ccc(-n4c5ccccc5c5cc6c(cc54)sc4ccccc46)cc3)nc(-c3ccccc3)c21. The molecule has 0 N–H and O–H groups in total. The Morgan fingerprint density at radius 1 is 0.532 bits per heavy atom. The van der Waals surface area contributed by atoms with Crippen LogP contribution in [0.2, 0.25) is 0 Å². The van der Waals surface area contributed by atoms with Crippen molar-refractivity contribution in [2.45, 2.75) is 19.3 Å². The maximum atomic E-state index is 5.29. The summed E-state index contributed by atoms with van der Waals surface area (Å²) in [5.74, 6) is 0.746. The monoisotopic (exact) mass is 619 g/mol. The molecule has 0 amide bonds. The summed E-state index contributed by atoms with van der Waals surface area (Å²) in [6.07, 6.45) is 0. The number of hydrogen-bond acceptors (Lipinski definition) is 3. The smallest absolute Gasteiger partial charge is 0.160 e. The second-order valence-electron chi connectivity index (χ2n) is 13.0. The van der Waals surface area contributed by atoms with Gasteiger partial charge in [-0.2, -0.15) is 0 Å². The summed E-state index contributed by atoms with van der Waals surface area (Å²) in [7, 11) is 0. The van der Waals surface area contributed by atoms with Gasteiger partial charge in [-0.25, -0.2) is 9.97 Å². The van der Waals surface area contributed by atoms with Crippen LogP contribution in [0.3, 0.4) is 0 Å². The molecule has 0 saturated heterocycles. The number of benzene rings is 6. The van der Waals surface area contributed by atoms with Crippen LogP contribution in [0.15, 0.2) is 140 Å². The number of fused-ring (bicyclic) bond motifs is 9. The molecule has 3 aromatic heterocycles. The summed E-state index contributed by atoms with van der Waals surface area (Å²) in [5, 5.41) is 5.19. The standard InChI is InChI=1S/C43H29N3S/c1-43(2)34-17-9-6-16-31(34)41-39(43)40(26-12-4-3-5-13-26)44-42(45-41)27-20-22-28(23-21-27)46-35-18-10-7-14-29(35)32-24-33-30-15-8-11-19-37(30)47-38(33)25-36(32)46/h3-25H,1-2H3. The van der Waals surface area contributed by atoms with Crippen molar-refractivity contribution in [2.24, 2.45) is 0 Å². The molecule has 6 aromatic carbocycles. The van der Waals surface area contributed by atoms with Crippen molar-refractivity contribution in [1.82, 2.24) is 14.5 Å². The van der Waals surface area contributed by atoms with Gasteiger partial charge in [0.05, 0.1) is 22.4 Å². The lowest BCUT2D eigenvalue weighted by molar-refractivity contribution is 0.658. The molecule has 0 saturated carbocycles. The Balaban J connectivity index is 1.16. The summed E-state index contributed by atoms with van der Waals surface area (Å²) < 4.78 is 5.03. The van der Waals surface area contributed by atoms with Crippen LogP contribution >= 0.6 is 11.3 Å². The quantitative estimate of drug-likeness (QED) is 0.197. The first-order chi connectivity index (χ1) is 23.1. The Morgan fingerprint density at radius 2 is 1.23 bits per heavy atom. The third kappa shape index (κ3) is 3.79. The Kier molecular flexibility index (Phi) is 5.50. The topological polar surface area (TPSA) is 30.7 Å². The van der Waals surface area contributed by atoms with Crippen LogP contribution in [0.5, 0.6) is 0 Å². The Morgan fingerprint density at radius 3 is 2.09 bits per heavy atom. The summed E-state index contributed by atoms with van der Waals surface area (Å²) in [5.41, 5.74) is 11.2. The lowest BCUT2D eigenvalue weighted by Crippen LogP contribution is -2.17. The summed E-state index contributed by atoms with van der Waals surface area (Å²) in [6, 6.07) is 50.2. The summed E-state index contributed by atoms with van der Waals surface area (Å²) in [4.78, 5) is 10.6. The number of nitrogens with zero attached hydrogens (tertiary/aromatic N) is 3. The third-order valence-corrected chi connectivity index (χ3v) is 11.1. The van der Waals surface area contributed by atoms with Crippen LogP contribution in [-0.2, 0) is 5.41 Å². The minimum Gasteiger partial charge on any atom is -0.309 e. The lowest BCUT2D eigenvalue weighted by Gasteiger charge is -2.23. The molecule has 4 heteroatoms. The van der Waals surface area contributed by atoms with Gasteiger partial charge in [0.2, 0.25) is 0 Å². The van der Waals surface area contributed by atoms with Crippen LogP contribution in [0.4, 0.5) is 0 Å². The molecule has 3 nitrogen and oxygen atoms in total. The van der Waals surface area contributed by atoms with E-state index in [0.29, 0.717) is 0 Å². The molecule has 0 spiro atoms. The van der Waals surface area contributed by atoms with Crippen molar-refractivity contribution in [1.29, 1.82) is 0 Å². The van der Waals surface area contributed by atoms with Gasteiger partial charge in [0.25, 0.3) is 0 Å². The van der Waals surface area contributed by atoms with Gasteiger partial charge in [0.1, 0.15) is 0 Å². The van der Waals surface area contributed by atoms with E-state index in [0.717, 1.165) is 34.0 Å². The normalized spacial score (nSPS) is 13.5. The van der Waals surface area contributed by atoms with Gasteiger partial charge in [-0.1, -0.05) is 105 Å². The van der Waals surface area contributed by atoms with Crippen LogP contribution in [0.1, 0.15) is 25.0 Å². The van der Waals surface area contributed by atoms with E-state index in [-0.39, 0.29) is 5.41 Å². The highest BCUT2D eigenvalue weighted by molar-refractivity contribution is 7.25. The van der Waals surface area contributed by atoms with Gasteiger partial charge in [0, 0.05) is 64.3 Å². The van der Waals surface area contributed by atoms with E-state index >= 15 is 0 Å². The van der Waals surface area contributed by atoms with E-state index in [1.165, 1.54) is 58.7 Å². The molecule has 0 fully saturated rings. The van der Waals surface area contributed by atoms with E-state index in [4.69, 9.17) is 9.97 Å². The minimum absolute atomic E-state index is 0.199. The third-order valence-electron chi connectivity index (χ3n) is 9.99. The Bertz CT molecular complexity index is 2700. The van der Waals surface area contributed by atoms with Gasteiger partial charge < -0.3 is 4.57 Å². The first-order valence-corrected chi connectivity index (χ1v) is 16.9. The molecule has 222 valence electrons. The van der Waals surface area contributed by atoms with Gasteiger partial charge >= 0.3 is 0 Å². The van der Waals surface area contributed by atoms with E-state index in [9.17, 15) is 0 Å². The van der Waals surface area contributed by atoms with Crippen LogP contribution in [0.25, 0.3) is 81.6 Å². The predicted molar refractivity (Wildman–Crippen MR) is 198 cm³/mol. The average molecular weight is 620 g/mol. The highest BCUT2D eigenvalue weighted by Gasteiger charge is 2.39. The van der Waals surface area contributed by atoms with Gasteiger partial charge in [-0.3, -0.25) is 0 Å². The van der Waals surface area contributed by atoms with Crippen molar-refractivity contribution in [3.05, 3.63) is 151 Å².